The van der Waals surface area contributed by atoms with E-state index in [0.29, 0.717) is 26.3 Å². The van der Waals surface area contributed by atoms with Crippen molar-refractivity contribution in [3.63, 3.8) is 0 Å². The fraction of sp³-hybridized carbons (Fsp3) is 0.500. The van der Waals surface area contributed by atoms with Crippen molar-refractivity contribution in [3.05, 3.63) is 0 Å². The predicted molar refractivity (Wildman–Crippen MR) is 59.8 cm³/mol. The molecule has 8 nitrogen and oxygen atoms in total. The number of aliphatic imine (C=N–C) groups is 4. The standard InChI is InChI=1S/C8H12N6O2/c9-5(13-7-11-1-3-15-7)6(10)14-8-12-2-4-16-8/h1-4H2,(H2,9,11,13)(H2,10,12,14). The van der Waals surface area contributed by atoms with Crippen LogP contribution in [0.25, 0.3) is 0 Å². The van der Waals surface area contributed by atoms with Gasteiger partial charge in [-0.25, -0.2) is 9.98 Å². The first kappa shape index (κ1) is 10.4. The summed E-state index contributed by atoms with van der Waals surface area (Å²) >= 11 is 0. The molecule has 0 aliphatic carbocycles. The Balaban J connectivity index is 2.05. The van der Waals surface area contributed by atoms with Gasteiger partial charge in [0.1, 0.15) is 13.2 Å². The average Bonchev–Trinajstić information content (AvgIpc) is 2.90. The Labute approximate surface area is 91.8 Å². The van der Waals surface area contributed by atoms with Gasteiger partial charge in [0.25, 0.3) is 0 Å². The first-order chi connectivity index (χ1) is 7.75. The van der Waals surface area contributed by atoms with Crippen molar-refractivity contribution < 1.29 is 9.47 Å². The third-order valence-corrected chi connectivity index (χ3v) is 1.83. The molecular formula is C8H12N6O2. The number of rotatable bonds is 0. The minimum atomic E-state index is 0.0406. The van der Waals surface area contributed by atoms with Gasteiger partial charge in [-0.15, -0.1) is 0 Å². The molecule has 2 heterocycles. The highest BCUT2D eigenvalue weighted by Gasteiger charge is 2.11. The van der Waals surface area contributed by atoms with Gasteiger partial charge in [0.15, 0.2) is 11.7 Å². The molecule has 16 heavy (non-hydrogen) atoms. The smallest absolute Gasteiger partial charge is 0.313 e. The summed E-state index contributed by atoms with van der Waals surface area (Å²) in [6.07, 6.45) is 0. The molecule has 0 bridgehead atoms. The summed E-state index contributed by atoms with van der Waals surface area (Å²) in [5.74, 6) is 0.0812. The number of nitrogens with zero attached hydrogens (tertiary/aromatic N) is 4. The zero-order valence-electron chi connectivity index (χ0n) is 8.59. The lowest BCUT2D eigenvalue weighted by Gasteiger charge is -2.00. The normalized spacial score (nSPS) is 21.2. The van der Waals surface area contributed by atoms with Crippen LogP contribution in [0.15, 0.2) is 20.0 Å². The van der Waals surface area contributed by atoms with Gasteiger partial charge in [0, 0.05) is 0 Å². The van der Waals surface area contributed by atoms with E-state index in [0.717, 1.165) is 0 Å². The zero-order chi connectivity index (χ0) is 11.4. The number of ether oxygens (including phenoxy) is 2. The van der Waals surface area contributed by atoms with Gasteiger partial charge in [0.05, 0.1) is 13.1 Å². The minimum Gasteiger partial charge on any atom is -0.462 e. The van der Waals surface area contributed by atoms with E-state index >= 15 is 0 Å². The SMILES string of the molecule is NC(=NC1=NCCO1)/C(N)=N\C1=NCCO1. The Morgan fingerprint density at radius 1 is 0.938 bits per heavy atom. The van der Waals surface area contributed by atoms with E-state index in [2.05, 4.69) is 20.0 Å². The quantitative estimate of drug-likeness (QED) is 0.383. The Morgan fingerprint density at radius 2 is 1.38 bits per heavy atom. The first-order valence-electron chi connectivity index (χ1n) is 4.79. The molecule has 8 heteroatoms. The number of nitrogens with two attached hydrogens (primary N) is 2. The first-order valence-corrected chi connectivity index (χ1v) is 4.79. The maximum Gasteiger partial charge on any atom is 0.313 e. The Hall–Kier alpha value is -2.12. The highest BCUT2D eigenvalue weighted by Crippen LogP contribution is 1.97. The molecule has 0 atom stereocenters. The summed E-state index contributed by atoms with van der Waals surface area (Å²) in [6, 6.07) is 0.454. The van der Waals surface area contributed by atoms with Crippen molar-refractivity contribution >= 4 is 23.7 Å². The average molecular weight is 224 g/mol. The van der Waals surface area contributed by atoms with Crippen LogP contribution in [0, 0.1) is 0 Å². The van der Waals surface area contributed by atoms with Gasteiger partial charge in [-0.3, -0.25) is 0 Å². The van der Waals surface area contributed by atoms with Gasteiger partial charge in [-0.2, -0.15) is 9.98 Å². The molecule has 86 valence electrons. The summed E-state index contributed by atoms with van der Waals surface area (Å²) in [5.41, 5.74) is 11.2. The lowest BCUT2D eigenvalue weighted by atomic mass is 10.5. The minimum absolute atomic E-state index is 0.0406. The third-order valence-electron chi connectivity index (χ3n) is 1.83. The Morgan fingerprint density at radius 3 is 1.69 bits per heavy atom. The van der Waals surface area contributed by atoms with Crippen molar-refractivity contribution in [2.45, 2.75) is 0 Å². The van der Waals surface area contributed by atoms with Crippen LogP contribution in [0.4, 0.5) is 0 Å². The Bertz CT molecular complexity index is 359. The van der Waals surface area contributed by atoms with E-state index in [1.54, 1.807) is 0 Å². The van der Waals surface area contributed by atoms with Crippen molar-refractivity contribution in [3.8, 4) is 0 Å². The number of hydrogen-bond acceptors (Lipinski definition) is 6. The monoisotopic (exact) mass is 224 g/mol. The third kappa shape index (κ3) is 2.47. The lowest BCUT2D eigenvalue weighted by Crippen LogP contribution is -2.33. The second-order valence-corrected chi connectivity index (χ2v) is 3.02. The molecular weight excluding hydrogens is 212 g/mol. The molecule has 0 amide bonds. The topological polar surface area (TPSA) is 120 Å². The summed E-state index contributed by atoms with van der Waals surface area (Å²) in [7, 11) is 0. The van der Waals surface area contributed by atoms with Crippen molar-refractivity contribution in [1.82, 2.24) is 0 Å². The van der Waals surface area contributed by atoms with Crippen LogP contribution in [-0.2, 0) is 9.47 Å². The Kier molecular flexibility index (Phi) is 2.99. The molecule has 0 saturated carbocycles. The second kappa shape index (κ2) is 4.60. The molecule has 0 radical (unpaired) electrons. The van der Waals surface area contributed by atoms with Gasteiger partial charge >= 0.3 is 12.0 Å². The highest BCUT2D eigenvalue weighted by molar-refractivity contribution is 6.42. The van der Waals surface area contributed by atoms with E-state index < -0.39 is 0 Å². The highest BCUT2D eigenvalue weighted by atomic mass is 16.5. The van der Waals surface area contributed by atoms with Crippen LogP contribution in [0.3, 0.4) is 0 Å². The predicted octanol–water partition coefficient (Wildman–Crippen LogP) is -1.53. The molecule has 0 saturated heterocycles. The van der Waals surface area contributed by atoms with Crippen molar-refractivity contribution in [2.24, 2.45) is 31.4 Å². The van der Waals surface area contributed by atoms with Crippen LogP contribution in [0.2, 0.25) is 0 Å². The van der Waals surface area contributed by atoms with Crippen LogP contribution in [-0.4, -0.2) is 50.0 Å². The molecule has 0 aromatic rings. The number of hydrogen-bond donors (Lipinski definition) is 2. The molecule has 0 fully saturated rings. The maximum atomic E-state index is 5.60. The van der Waals surface area contributed by atoms with Crippen LogP contribution < -0.4 is 11.5 Å². The van der Waals surface area contributed by atoms with E-state index in [9.17, 15) is 0 Å². The molecule has 2 aliphatic rings. The summed E-state index contributed by atoms with van der Waals surface area (Å²) in [5, 5.41) is 0. The number of amidine groups is 4. The van der Waals surface area contributed by atoms with E-state index in [-0.39, 0.29) is 23.7 Å². The molecule has 0 spiro atoms. The van der Waals surface area contributed by atoms with Gasteiger partial charge in [0.2, 0.25) is 0 Å². The van der Waals surface area contributed by atoms with E-state index in [4.69, 9.17) is 20.9 Å². The molecule has 2 rings (SSSR count). The lowest BCUT2D eigenvalue weighted by molar-refractivity contribution is 0.342. The van der Waals surface area contributed by atoms with Gasteiger partial charge in [-0.05, 0) is 0 Å². The van der Waals surface area contributed by atoms with Gasteiger partial charge in [-0.1, -0.05) is 0 Å². The molecule has 0 unspecified atom stereocenters. The fourth-order valence-corrected chi connectivity index (χ4v) is 1.10. The van der Waals surface area contributed by atoms with Crippen LogP contribution in [0.1, 0.15) is 0 Å². The molecule has 0 aromatic carbocycles. The largest absolute Gasteiger partial charge is 0.462 e. The van der Waals surface area contributed by atoms with Crippen LogP contribution in [0.5, 0.6) is 0 Å². The zero-order valence-corrected chi connectivity index (χ0v) is 8.59. The summed E-state index contributed by atoms with van der Waals surface area (Å²) < 4.78 is 10.1. The summed E-state index contributed by atoms with van der Waals surface area (Å²) in [4.78, 5) is 15.6. The second-order valence-electron chi connectivity index (χ2n) is 3.02. The van der Waals surface area contributed by atoms with E-state index in [1.807, 2.05) is 0 Å². The van der Waals surface area contributed by atoms with Crippen molar-refractivity contribution in [2.75, 3.05) is 26.3 Å². The maximum absolute atomic E-state index is 5.60. The van der Waals surface area contributed by atoms with E-state index in [1.165, 1.54) is 0 Å². The molecule has 4 N–H and O–H groups in total. The van der Waals surface area contributed by atoms with Crippen LogP contribution >= 0.6 is 0 Å². The molecule has 0 aromatic heterocycles. The summed E-state index contributed by atoms with van der Waals surface area (Å²) in [6.45, 7) is 2.19. The fourth-order valence-electron chi connectivity index (χ4n) is 1.10. The van der Waals surface area contributed by atoms with Gasteiger partial charge < -0.3 is 20.9 Å². The molecule has 2 aliphatic heterocycles. The van der Waals surface area contributed by atoms with Crippen molar-refractivity contribution in [1.29, 1.82) is 0 Å².